The van der Waals surface area contributed by atoms with Crippen LogP contribution in [-0.4, -0.2) is 26.9 Å². The van der Waals surface area contributed by atoms with Crippen molar-refractivity contribution in [1.29, 1.82) is 0 Å². The second-order valence-electron chi connectivity index (χ2n) is 8.33. The molecule has 0 aliphatic heterocycles. The first-order chi connectivity index (χ1) is 17.1. The number of carbonyl (C=O) groups is 1. The van der Waals surface area contributed by atoms with Crippen molar-refractivity contribution in [3.63, 3.8) is 0 Å². The number of pyridine rings is 2. The largest absolute Gasteiger partial charge is 0.339 e. The van der Waals surface area contributed by atoms with E-state index in [1.165, 1.54) is 12.1 Å². The molecule has 0 radical (unpaired) electrons. The van der Waals surface area contributed by atoms with E-state index in [4.69, 9.17) is 5.73 Å². The van der Waals surface area contributed by atoms with E-state index >= 15 is 0 Å². The van der Waals surface area contributed by atoms with E-state index in [-0.39, 0.29) is 11.7 Å². The number of amides is 1. The van der Waals surface area contributed by atoms with E-state index in [1.807, 2.05) is 48.5 Å². The smallest absolute Gasteiger partial charge is 0.242 e. The molecule has 1 atom stereocenters. The van der Waals surface area contributed by atoms with Crippen LogP contribution < -0.4 is 11.1 Å². The third-order valence-corrected chi connectivity index (χ3v) is 5.93. The van der Waals surface area contributed by atoms with Gasteiger partial charge in [-0.2, -0.15) is 0 Å². The lowest BCUT2D eigenvalue weighted by molar-refractivity contribution is -0.117. The molecular weight excluding hydrogens is 441 g/mol. The van der Waals surface area contributed by atoms with Crippen molar-refractivity contribution in [2.75, 3.05) is 5.32 Å². The van der Waals surface area contributed by atoms with Crippen molar-refractivity contribution in [3.05, 3.63) is 103 Å². The number of nitrogens with zero attached hydrogens (tertiary/aromatic N) is 2. The molecule has 0 fully saturated rings. The monoisotopic (exact) mass is 465 g/mol. The van der Waals surface area contributed by atoms with Crippen LogP contribution in [0, 0.1) is 5.82 Å². The van der Waals surface area contributed by atoms with Crippen molar-refractivity contribution < 1.29 is 9.18 Å². The summed E-state index contributed by atoms with van der Waals surface area (Å²) in [7, 11) is 0. The first-order valence-electron chi connectivity index (χ1n) is 11.4. The molecule has 3 heterocycles. The highest BCUT2D eigenvalue weighted by Gasteiger charge is 2.18. The second-order valence-corrected chi connectivity index (χ2v) is 8.33. The fourth-order valence-electron chi connectivity index (χ4n) is 4.11. The van der Waals surface area contributed by atoms with Gasteiger partial charge in [0.25, 0.3) is 0 Å². The van der Waals surface area contributed by atoms with E-state index in [2.05, 4.69) is 20.3 Å². The average Bonchev–Trinajstić information content (AvgIpc) is 3.27. The Morgan fingerprint density at radius 2 is 1.69 bits per heavy atom. The van der Waals surface area contributed by atoms with Gasteiger partial charge in [-0.15, -0.1) is 0 Å². The first kappa shape index (κ1) is 22.4. The number of nitrogens with one attached hydrogen (secondary N) is 2. The van der Waals surface area contributed by atoms with Crippen LogP contribution in [0.3, 0.4) is 0 Å². The number of carbonyl (C=O) groups excluding carboxylic acids is 1. The minimum atomic E-state index is -0.654. The number of benzene rings is 2. The van der Waals surface area contributed by atoms with Crippen LogP contribution in [0.15, 0.2) is 91.3 Å². The molecule has 2 aromatic carbocycles. The Labute approximate surface area is 202 Å². The van der Waals surface area contributed by atoms with Crippen molar-refractivity contribution >= 4 is 22.8 Å². The molecule has 5 rings (SSSR count). The summed E-state index contributed by atoms with van der Waals surface area (Å²) in [4.78, 5) is 24.8. The molecule has 5 aromatic rings. The highest BCUT2D eigenvalue weighted by molar-refractivity contribution is 6.03. The molecule has 0 aliphatic rings. The molecule has 1 amide bonds. The van der Waals surface area contributed by atoms with Crippen LogP contribution in [0.2, 0.25) is 0 Å². The van der Waals surface area contributed by atoms with Crippen molar-refractivity contribution in [2.24, 2.45) is 5.73 Å². The summed E-state index contributed by atoms with van der Waals surface area (Å²) in [6, 6.07) is 23.1. The average molecular weight is 466 g/mol. The molecule has 3 aromatic heterocycles. The maximum absolute atomic E-state index is 13.5. The van der Waals surface area contributed by atoms with Gasteiger partial charge in [0.05, 0.1) is 11.7 Å². The van der Waals surface area contributed by atoms with Crippen LogP contribution in [0.25, 0.3) is 33.4 Å². The van der Waals surface area contributed by atoms with Crippen LogP contribution in [0.4, 0.5) is 10.2 Å². The van der Waals surface area contributed by atoms with Crippen LogP contribution in [-0.2, 0) is 11.2 Å². The molecule has 0 bridgehead atoms. The fraction of sp³-hybridized carbons (Fsp3) is 0.107. The standard InChI is InChI=1S/C28H24FN5O/c29-21-9-7-20(8-10-21)26-25(19-14-16-31-17-15-19)22-11-13-24(32-27(22)34-26)33-28(35)23(30)12-6-18-4-2-1-3-5-18/h1-5,7-11,13-17,23H,6,12,30H2,(H2,32,33,34,35)/t23-/m1/s1. The minimum absolute atomic E-state index is 0.285. The predicted octanol–water partition coefficient (Wildman–Crippen LogP) is 5.33. The van der Waals surface area contributed by atoms with Crippen molar-refractivity contribution in [3.8, 4) is 22.4 Å². The Balaban J connectivity index is 1.42. The lowest BCUT2D eigenvalue weighted by Gasteiger charge is -2.12. The summed E-state index contributed by atoms with van der Waals surface area (Å²) >= 11 is 0. The van der Waals surface area contributed by atoms with Crippen LogP contribution in [0.1, 0.15) is 12.0 Å². The third-order valence-electron chi connectivity index (χ3n) is 5.93. The van der Waals surface area contributed by atoms with Crippen molar-refractivity contribution in [1.82, 2.24) is 15.0 Å². The molecule has 174 valence electrons. The molecule has 6 nitrogen and oxygen atoms in total. The highest BCUT2D eigenvalue weighted by Crippen LogP contribution is 2.38. The number of aryl methyl sites for hydroxylation is 1. The lowest BCUT2D eigenvalue weighted by atomic mass is 10.00. The zero-order valence-corrected chi connectivity index (χ0v) is 18.9. The number of aromatic amines is 1. The van der Waals surface area contributed by atoms with Gasteiger partial charge < -0.3 is 16.0 Å². The molecule has 4 N–H and O–H groups in total. The normalized spacial score (nSPS) is 11.9. The van der Waals surface area contributed by atoms with Gasteiger partial charge in [-0.25, -0.2) is 9.37 Å². The number of anilines is 1. The van der Waals surface area contributed by atoms with E-state index < -0.39 is 6.04 Å². The Bertz CT molecular complexity index is 1450. The Morgan fingerprint density at radius 1 is 0.943 bits per heavy atom. The van der Waals surface area contributed by atoms with Crippen molar-refractivity contribution in [2.45, 2.75) is 18.9 Å². The zero-order valence-electron chi connectivity index (χ0n) is 18.9. The number of halogens is 1. The summed E-state index contributed by atoms with van der Waals surface area (Å²) in [5.74, 6) is -0.180. The number of hydrogen-bond donors (Lipinski definition) is 3. The summed E-state index contributed by atoms with van der Waals surface area (Å²) in [6.45, 7) is 0. The van der Waals surface area contributed by atoms with Crippen LogP contribution in [0.5, 0.6) is 0 Å². The van der Waals surface area contributed by atoms with E-state index in [1.54, 1.807) is 30.6 Å². The summed E-state index contributed by atoms with van der Waals surface area (Å²) in [5.41, 5.74) is 11.4. The number of aromatic nitrogens is 3. The summed E-state index contributed by atoms with van der Waals surface area (Å²) < 4.78 is 13.5. The number of H-pyrrole nitrogens is 1. The minimum Gasteiger partial charge on any atom is -0.339 e. The molecular formula is C28H24FN5O. The Hall–Kier alpha value is -4.36. The number of fused-ring (bicyclic) bond motifs is 1. The third kappa shape index (κ3) is 4.95. The number of hydrogen-bond acceptors (Lipinski definition) is 4. The molecule has 0 saturated heterocycles. The van der Waals surface area contributed by atoms with Crippen LogP contribution >= 0.6 is 0 Å². The fourth-order valence-corrected chi connectivity index (χ4v) is 4.11. The lowest BCUT2D eigenvalue weighted by Crippen LogP contribution is -2.36. The predicted molar refractivity (Wildman–Crippen MR) is 136 cm³/mol. The van der Waals surface area contributed by atoms with Gasteiger partial charge in [0.15, 0.2) is 0 Å². The maximum atomic E-state index is 13.5. The van der Waals surface area contributed by atoms with Gasteiger partial charge >= 0.3 is 0 Å². The Morgan fingerprint density at radius 3 is 2.43 bits per heavy atom. The number of nitrogens with two attached hydrogens (primary N) is 1. The Kier molecular flexibility index (Phi) is 6.32. The van der Waals surface area contributed by atoms with Gasteiger partial charge in [-0.1, -0.05) is 30.3 Å². The van der Waals surface area contributed by atoms with Gasteiger partial charge in [0.2, 0.25) is 5.91 Å². The molecule has 0 aliphatic carbocycles. The highest BCUT2D eigenvalue weighted by atomic mass is 19.1. The number of rotatable bonds is 7. The first-order valence-corrected chi connectivity index (χ1v) is 11.4. The molecule has 35 heavy (non-hydrogen) atoms. The van der Waals surface area contributed by atoms with Gasteiger partial charge in [-0.05, 0) is 78.1 Å². The van der Waals surface area contributed by atoms with Gasteiger partial charge in [0, 0.05) is 23.3 Å². The van der Waals surface area contributed by atoms with E-state index in [0.29, 0.717) is 17.9 Å². The summed E-state index contributed by atoms with van der Waals surface area (Å²) in [5, 5.41) is 3.71. The SMILES string of the molecule is N[C@H](CCc1ccccc1)C(=O)Nc1ccc2c(-c3ccncc3)c(-c3ccc(F)cc3)[nH]c2n1. The molecule has 0 unspecified atom stereocenters. The summed E-state index contributed by atoms with van der Waals surface area (Å²) in [6.07, 6.45) is 4.69. The van der Waals surface area contributed by atoms with Gasteiger partial charge in [-0.3, -0.25) is 9.78 Å². The second kappa shape index (κ2) is 9.87. The quantitative estimate of drug-likeness (QED) is 0.303. The van der Waals surface area contributed by atoms with Gasteiger partial charge in [0.1, 0.15) is 17.3 Å². The van der Waals surface area contributed by atoms with E-state index in [0.717, 1.165) is 39.8 Å². The molecule has 0 saturated carbocycles. The molecule has 7 heteroatoms. The molecule has 0 spiro atoms. The maximum Gasteiger partial charge on any atom is 0.242 e. The zero-order chi connectivity index (χ0) is 24.2. The van der Waals surface area contributed by atoms with E-state index in [9.17, 15) is 9.18 Å². The topological polar surface area (TPSA) is 96.7 Å².